The molecule has 0 aromatic heterocycles. The van der Waals surface area contributed by atoms with Crippen LogP contribution < -0.4 is 0 Å². The highest BCUT2D eigenvalue weighted by atomic mass is 79.9. The summed E-state index contributed by atoms with van der Waals surface area (Å²) in [4.78, 5) is 0. The molecule has 0 aromatic rings. The molecule has 1 saturated heterocycles. The maximum Gasteiger partial charge on any atom is 0.199 e. The first-order chi connectivity index (χ1) is 5.33. The van der Waals surface area contributed by atoms with Gasteiger partial charge < -0.3 is 9.47 Å². The van der Waals surface area contributed by atoms with Crippen molar-refractivity contribution in [2.45, 2.75) is 25.6 Å². The van der Waals surface area contributed by atoms with Crippen molar-refractivity contribution in [1.82, 2.24) is 0 Å². The Balaban J connectivity index is 2.19. The largest absolute Gasteiger partial charge is 0.469 e. The van der Waals surface area contributed by atoms with Gasteiger partial charge in [0.1, 0.15) is 5.76 Å². The minimum absolute atomic E-state index is 0.0474. The van der Waals surface area contributed by atoms with E-state index >= 15 is 0 Å². The number of ether oxygens (including phenoxy) is 2. The van der Waals surface area contributed by atoms with Gasteiger partial charge in [0.15, 0.2) is 6.29 Å². The fourth-order valence-electron chi connectivity index (χ4n) is 1.02. The Morgan fingerprint density at radius 3 is 3.00 bits per heavy atom. The van der Waals surface area contributed by atoms with Crippen LogP contribution >= 0.6 is 15.9 Å². The Kier molecular flexibility index (Phi) is 3.94. The highest BCUT2D eigenvalue weighted by Crippen LogP contribution is 2.16. The normalized spacial score (nSPS) is 24.6. The summed E-state index contributed by atoms with van der Waals surface area (Å²) in [5.41, 5.74) is 0. The Morgan fingerprint density at radius 2 is 2.45 bits per heavy atom. The van der Waals surface area contributed by atoms with Crippen LogP contribution in [0.3, 0.4) is 0 Å². The average molecular weight is 221 g/mol. The van der Waals surface area contributed by atoms with E-state index in [1.165, 1.54) is 6.42 Å². The number of hydrogen-bond acceptors (Lipinski definition) is 2. The van der Waals surface area contributed by atoms with Gasteiger partial charge in [-0.05, 0) is 12.8 Å². The van der Waals surface area contributed by atoms with Crippen LogP contribution in [0.2, 0.25) is 0 Å². The molecule has 0 spiro atoms. The third-order valence-electron chi connectivity index (χ3n) is 1.59. The Hall–Kier alpha value is -0.0200. The SMILES string of the molecule is C=C(CBr)OC1CCCCO1. The van der Waals surface area contributed by atoms with Crippen molar-refractivity contribution >= 4 is 15.9 Å². The quantitative estimate of drug-likeness (QED) is 0.538. The minimum Gasteiger partial charge on any atom is -0.469 e. The summed E-state index contributed by atoms with van der Waals surface area (Å²) in [7, 11) is 0. The lowest BCUT2D eigenvalue weighted by atomic mass is 10.2. The van der Waals surface area contributed by atoms with Crippen LogP contribution in [0.25, 0.3) is 0 Å². The van der Waals surface area contributed by atoms with Gasteiger partial charge in [0.25, 0.3) is 0 Å². The molecule has 1 fully saturated rings. The van der Waals surface area contributed by atoms with E-state index in [4.69, 9.17) is 9.47 Å². The van der Waals surface area contributed by atoms with Crippen molar-refractivity contribution < 1.29 is 9.47 Å². The number of alkyl halides is 1. The lowest BCUT2D eigenvalue weighted by Gasteiger charge is -2.23. The van der Waals surface area contributed by atoms with Crippen LogP contribution in [0.4, 0.5) is 0 Å². The van der Waals surface area contributed by atoms with Gasteiger partial charge >= 0.3 is 0 Å². The molecule has 1 aliphatic rings. The van der Waals surface area contributed by atoms with E-state index in [0.717, 1.165) is 25.2 Å². The second-order valence-electron chi connectivity index (χ2n) is 2.59. The molecular weight excluding hydrogens is 208 g/mol. The Morgan fingerprint density at radius 1 is 1.64 bits per heavy atom. The fourth-order valence-corrected chi connectivity index (χ4v) is 1.15. The predicted octanol–water partition coefficient (Wildman–Crippen LogP) is 2.44. The molecule has 11 heavy (non-hydrogen) atoms. The van der Waals surface area contributed by atoms with Crippen molar-refractivity contribution in [3.63, 3.8) is 0 Å². The third-order valence-corrected chi connectivity index (χ3v) is 2.21. The lowest BCUT2D eigenvalue weighted by molar-refractivity contribution is -0.137. The van der Waals surface area contributed by atoms with Gasteiger partial charge in [-0.15, -0.1) is 0 Å². The highest BCUT2D eigenvalue weighted by Gasteiger charge is 2.14. The van der Waals surface area contributed by atoms with E-state index in [9.17, 15) is 0 Å². The molecule has 0 N–H and O–H groups in total. The number of halogens is 1. The fraction of sp³-hybridized carbons (Fsp3) is 0.750. The van der Waals surface area contributed by atoms with Crippen molar-refractivity contribution in [3.8, 4) is 0 Å². The van der Waals surface area contributed by atoms with Gasteiger partial charge in [-0.3, -0.25) is 0 Å². The molecule has 0 aliphatic carbocycles. The van der Waals surface area contributed by atoms with Gasteiger partial charge in [-0.2, -0.15) is 0 Å². The molecule has 3 heteroatoms. The zero-order valence-corrected chi connectivity index (χ0v) is 8.10. The zero-order valence-electron chi connectivity index (χ0n) is 6.51. The van der Waals surface area contributed by atoms with Crippen molar-refractivity contribution in [3.05, 3.63) is 12.3 Å². The summed E-state index contributed by atoms with van der Waals surface area (Å²) in [5, 5.41) is 0.687. The van der Waals surface area contributed by atoms with Crippen LogP contribution in [-0.4, -0.2) is 18.2 Å². The van der Waals surface area contributed by atoms with Crippen molar-refractivity contribution in [1.29, 1.82) is 0 Å². The Labute approximate surface area is 75.7 Å². The molecule has 0 aromatic carbocycles. The molecule has 2 nitrogen and oxygen atoms in total. The maximum absolute atomic E-state index is 5.38. The highest BCUT2D eigenvalue weighted by molar-refractivity contribution is 9.09. The summed E-state index contributed by atoms with van der Waals surface area (Å²) in [6.45, 7) is 4.54. The third kappa shape index (κ3) is 3.25. The van der Waals surface area contributed by atoms with Crippen molar-refractivity contribution in [2.75, 3.05) is 11.9 Å². The van der Waals surface area contributed by atoms with E-state index in [0.29, 0.717) is 5.33 Å². The molecule has 1 aliphatic heterocycles. The van der Waals surface area contributed by atoms with E-state index < -0.39 is 0 Å². The number of hydrogen-bond donors (Lipinski definition) is 0. The summed E-state index contributed by atoms with van der Waals surface area (Å²) >= 11 is 3.26. The topological polar surface area (TPSA) is 18.5 Å². The molecule has 1 unspecified atom stereocenters. The molecule has 0 radical (unpaired) electrons. The number of rotatable bonds is 3. The van der Waals surface area contributed by atoms with E-state index in [2.05, 4.69) is 22.5 Å². The first-order valence-corrected chi connectivity index (χ1v) is 4.97. The number of allylic oxidation sites excluding steroid dienone is 1. The van der Waals surface area contributed by atoms with Crippen LogP contribution in [0, 0.1) is 0 Å². The van der Waals surface area contributed by atoms with E-state index in [1.54, 1.807) is 0 Å². The summed E-state index contributed by atoms with van der Waals surface area (Å²) in [5.74, 6) is 0.747. The van der Waals surface area contributed by atoms with Crippen LogP contribution in [0.5, 0.6) is 0 Å². The van der Waals surface area contributed by atoms with E-state index in [-0.39, 0.29) is 6.29 Å². The van der Waals surface area contributed by atoms with Crippen LogP contribution in [0.15, 0.2) is 12.3 Å². The van der Waals surface area contributed by atoms with Crippen molar-refractivity contribution in [2.24, 2.45) is 0 Å². The van der Waals surface area contributed by atoms with Gasteiger partial charge in [-0.25, -0.2) is 0 Å². The monoisotopic (exact) mass is 220 g/mol. The van der Waals surface area contributed by atoms with Gasteiger partial charge in [0.2, 0.25) is 0 Å². The van der Waals surface area contributed by atoms with E-state index in [1.807, 2.05) is 0 Å². The maximum atomic E-state index is 5.38. The van der Waals surface area contributed by atoms with Gasteiger partial charge in [0.05, 0.1) is 11.9 Å². The van der Waals surface area contributed by atoms with Crippen LogP contribution in [-0.2, 0) is 9.47 Å². The first kappa shape index (κ1) is 9.07. The molecule has 1 atom stereocenters. The predicted molar refractivity (Wildman–Crippen MR) is 47.6 cm³/mol. The minimum atomic E-state index is -0.0474. The molecule has 1 heterocycles. The second-order valence-corrected chi connectivity index (χ2v) is 3.15. The molecule has 1 rings (SSSR count). The smallest absolute Gasteiger partial charge is 0.199 e. The summed E-state index contributed by atoms with van der Waals surface area (Å²) < 4.78 is 10.7. The Bertz CT molecular complexity index is 130. The first-order valence-electron chi connectivity index (χ1n) is 3.85. The summed E-state index contributed by atoms with van der Waals surface area (Å²) in [6, 6.07) is 0. The second kappa shape index (κ2) is 4.78. The molecule has 0 saturated carbocycles. The van der Waals surface area contributed by atoms with Gasteiger partial charge in [-0.1, -0.05) is 22.5 Å². The zero-order chi connectivity index (χ0) is 8.10. The lowest BCUT2D eigenvalue weighted by Crippen LogP contribution is -2.21. The van der Waals surface area contributed by atoms with Gasteiger partial charge in [0, 0.05) is 6.42 Å². The molecule has 0 bridgehead atoms. The summed E-state index contributed by atoms with van der Waals surface area (Å²) in [6.07, 6.45) is 3.29. The molecular formula is C8H13BrO2. The molecule has 64 valence electrons. The molecule has 0 amide bonds. The van der Waals surface area contributed by atoms with Crippen LogP contribution in [0.1, 0.15) is 19.3 Å². The standard InChI is InChI=1S/C8H13BrO2/c1-7(6-9)11-8-4-2-3-5-10-8/h8H,1-6H2. The average Bonchev–Trinajstić information content (AvgIpc) is 2.06.